The summed E-state index contributed by atoms with van der Waals surface area (Å²) in [7, 11) is 0. The predicted octanol–water partition coefficient (Wildman–Crippen LogP) is 6.71. The van der Waals surface area contributed by atoms with Crippen molar-refractivity contribution >= 4 is 11.9 Å². The van der Waals surface area contributed by atoms with Crippen LogP contribution < -0.4 is 5.32 Å². The van der Waals surface area contributed by atoms with Gasteiger partial charge in [0.25, 0.3) is 0 Å². The molecule has 0 spiro atoms. The van der Waals surface area contributed by atoms with Crippen LogP contribution in [0.1, 0.15) is 125 Å². The van der Waals surface area contributed by atoms with Gasteiger partial charge in [0.1, 0.15) is 6.10 Å². The molecule has 1 saturated heterocycles. The Morgan fingerprint density at radius 2 is 1.44 bits per heavy atom. The first-order valence-electron chi connectivity index (χ1n) is 13.8. The summed E-state index contributed by atoms with van der Waals surface area (Å²) in [5.41, 5.74) is -0.474. The molecule has 2 N–H and O–H groups in total. The molecule has 3 atom stereocenters. The van der Waals surface area contributed by atoms with Gasteiger partial charge in [0.05, 0.1) is 12.5 Å². The molecule has 0 radical (unpaired) electrons. The Kier molecular flexibility index (Phi) is 14.3. The molecule has 1 heterocycles. The van der Waals surface area contributed by atoms with Crippen molar-refractivity contribution in [2.75, 3.05) is 13.2 Å². The lowest BCUT2D eigenvalue weighted by Gasteiger charge is -2.44. The van der Waals surface area contributed by atoms with E-state index in [1.807, 2.05) is 13.8 Å². The van der Waals surface area contributed by atoms with E-state index in [-0.39, 0.29) is 12.5 Å². The Bertz CT molecular complexity index is 589. The molecule has 0 aromatic heterocycles. The van der Waals surface area contributed by atoms with Gasteiger partial charge < -0.3 is 19.9 Å². The van der Waals surface area contributed by atoms with Gasteiger partial charge >= 0.3 is 5.97 Å². The van der Waals surface area contributed by atoms with Crippen LogP contribution in [0.15, 0.2) is 0 Å². The number of unbranched alkanes of at least 4 members (excludes halogenated alkanes) is 8. The van der Waals surface area contributed by atoms with Crippen molar-refractivity contribution in [1.82, 2.24) is 5.32 Å². The van der Waals surface area contributed by atoms with E-state index in [1.54, 1.807) is 13.8 Å². The molecule has 200 valence electrons. The Morgan fingerprint density at radius 3 is 2.00 bits per heavy atom. The van der Waals surface area contributed by atoms with Crippen molar-refractivity contribution in [3.8, 4) is 0 Å². The second-order valence-electron chi connectivity index (χ2n) is 11.5. The number of carbonyl (C=O) groups excluding carboxylic acids is 1. The Hall–Kier alpha value is -1.14. The van der Waals surface area contributed by atoms with E-state index in [1.165, 1.54) is 57.8 Å². The molecule has 0 saturated carbocycles. The van der Waals surface area contributed by atoms with E-state index in [2.05, 4.69) is 19.2 Å². The van der Waals surface area contributed by atoms with Crippen molar-refractivity contribution in [1.29, 1.82) is 0 Å². The first kappa shape index (κ1) is 30.9. The van der Waals surface area contributed by atoms with Gasteiger partial charge in [-0.2, -0.15) is 0 Å². The number of rotatable bonds is 18. The van der Waals surface area contributed by atoms with E-state index in [0.717, 1.165) is 19.3 Å². The normalized spacial score (nSPS) is 21.1. The molecule has 6 nitrogen and oxygen atoms in total. The summed E-state index contributed by atoms with van der Waals surface area (Å²) in [6, 6.07) is 0. The highest BCUT2D eigenvalue weighted by Gasteiger charge is 2.45. The zero-order valence-corrected chi connectivity index (χ0v) is 22.9. The van der Waals surface area contributed by atoms with E-state index in [4.69, 9.17) is 9.47 Å². The lowest BCUT2D eigenvalue weighted by atomic mass is 9.84. The summed E-state index contributed by atoms with van der Waals surface area (Å²) in [4.78, 5) is 25.0. The molecule has 0 bridgehead atoms. The van der Waals surface area contributed by atoms with Crippen LogP contribution in [0.25, 0.3) is 0 Å². The predicted molar refractivity (Wildman–Crippen MR) is 138 cm³/mol. The number of carbonyl (C=O) groups is 2. The molecule has 6 heteroatoms. The molecule has 34 heavy (non-hydrogen) atoms. The highest BCUT2D eigenvalue weighted by atomic mass is 16.7. The minimum atomic E-state index is -0.829. The second kappa shape index (κ2) is 15.8. The first-order valence-corrected chi connectivity index (χ1v) is 13.8. The van der Waals surface area contributed by atoms with Gasteiger partial charge in [-0.25, -0.2) is 0 Å². The van der Waals surface area contributed by atoms with Crippen LogP contribution in [0.3, 0.4) is 0 Å². The number of nitrogens with one attached hydrogen (secondary N) is 1. The van der Waals surface area contributed by atoms with Crippen LogP contribution in [-0.2, 0) is 19.1 Å². The van der Waals surface area contributed by atoms with Gasteiger partial charge in [-0.15, -0.1) is 0 Å². The maximum absolute atomic E-state index is 13.0. The molecule has 1 amide bonds. The Balaban J connectivity index is 2.66. The molecular weight excluding hydrogens is 430 g/mol. The third-order valence-corrected chi connectivity index (χ3v) is 7.06. The average molecular weight is 484 g/mol. The van der Waals surface area contributed by atoms with Crippen molar-refractivity contribution in [3.63, 3.8) is 0 Å². The molecule has 2 unspecified atom stereocenters. The maximum atomic E-state index is 13.0. The smallest absolute Gasteiger partial charge is 0.308 e. The van der Waals surface area contributed by atoms with E-state index >= 15 is 0 Å². The number of aliphatic carboxylic acids is 1. The van der Waals surface area contributed by atoms with Crippen LogP contribution in [-0.4, -0.2) is 42.0 Å². The summed E-state index contributed by atoms with van der Waals surface area (Å²) in [6.07, 6.45) is 14.4. The maximum Gasteiger partial charge on any atom is 0.308 e. The van der Waals surface area contributed by atoms with Crippen LogP contribution >= 0.6 is 0 Å². The van der Waals surface area contributed by atoms with E-state index in [0.29, 0.717) is 18.9 Å². The van der Waals surface area contributed by atoms with Gasteiger partial charge in [0, 0.05) is 12.0 Å². The second-order valence-corrected chi connectivity index (χ2v) is 11.5. The average Bonchev–Trinajstić information content (AvgIpc) is 2.77. The SMILES string of the molecule is CCCCCCCCC(CCCCCC)CC(CNC(=O)[C@@H]1OC(C)(C)OCC1(C)C)C(=O)O. The fourth-order valence-electron chi connectivity index (χ4n) is 4.76. The molecule has 1 aliphatic heterocycles. The largest absolute Gasteiger partial charge is 0.481 e. The fraction of sp³-hybridized carbons (Fsp3) is 0.929. The minimum absolute atomic E-state index is 0.146. The lowest BCUT2D eigenvalue weighted by Crippen LogP contribution is -2.57. The van der Waals surface area contributed by atoms with Gasteiger partial charge in [0.2, 0.25) is 5.91 Å². The summed E-state index contributed by atoms with van der Waals surface area (Å²) in [6.45, 7) is 12.5. The monoisotopic (exact) mass is 483 g/mol. The number of carboxylic acid groups (broad SMARTS) is 1. The number of amides is 1. The minimum Gasteiger partial charge on any atom is -0.481 e. The van der Waals surface area contributed by atoms with Gasteiger partial charge in [-0.05, 0) is 26.2 Å². The fourth-order valence-corrected chi connectivity index (χ4v) is 4.76. The summed E-state index contributed by atoms with van der Waals surface area (Å²) in [5, 5.41) is 12.8. The molecule has 1 aliphatic rings. The van der Waals surface area contributed by atoms with Crippen molar-refractivity contribution < 1.29 is 24.2 Å². The third kappa shape index (κ3) is 12.0. The highest BCUT2D eigenvalue weighted by molar-refractivity contribution is 5.82. The quantitative estimate of drug-likeness (QED) is 0.212. The van der Waals surface area contributed by atoms with E-state index < -0.39 is 29.2 Å². The zero-order valence-electron chi connectivity index (χ0n) is 22.9. The molecule has 0 aromatic carbocycles. The number of carboxylic acids is 1. The van der Waals surface area contributed by atoms with Gasteiger partial charge in [0.15, 0.2) is 5.79 Å². The third-order valence-electron chi connectivity index (χ3n) is 7.06. The van der Waals surface area contributed by atoms with Crippen LogP contribution in [0, 0.1) is 17.3 Å². The van der Waals surface area contributed by atoms with Crippen molar-refractivity contribution in [2.24, 2.45) is 17.3 Å². The van der Waals surface area contributed by atoms with Crippen molar-refractivity contribution in [2.45, 2.75) is 137 Å². The Labute approximate surface area is 208 Å². The van der Waals surface area contributed by atoms with Crippen molar-refractivity contribution in [3.05, 3.63) is 0 Å². The number of ether oxygens (including phenoxy) is 2. The summed E-state index contributed by atoms with van der Waals surface area (Å²) >= 11 is 0. The topological polar surface area (TPSA) is 84.9 Å². The van der Waals surface area contributed by atoms with E-state index in [9.17, 15) is 14.7 Å². The van der Waals surface area contributed by atoms with Crippen LogP contribution in [0.2, 0.25) is 0 Å². The Morgan fingerprint density at radius 1 is 0.912 bits per heavy atom. The van der Waals surface area contributed by atoms with Gasteiger partial charge in [-0.3, -0.25) is 9.59 Å². The van der Waals surface area contributed by atoms with Crippen LogP contribution in [0.5, 0.6) is 0 Å². The van der Waals surface area contributed by atoms with Gasteiger partial charge in [-0.1, -0.05) is 105 Å². The first-order chi connectivity index (χ1) is 16.0. The van der Waals surface area contributed by atoms with Crippen LogP contribution in [0.4, 0.5) is 0 Å². The lowest BCUT2D eigenvalue weighted by molar-refractivity contribution is -0.304. The standard InChI is InChI=1S/C28H53NO5/c1-7-9-11-13-14-16-18-22(17-15-12-10-8-2)19-23(26(31)32)20-29-25(30)24-27(3,4)21-33-28(5,6)34-24/h22-24H,7-21H2,1-6H3,(H,29,30)(H,31,32)/t22?,23?,24-/m0/s1. The molecule has 1 rings (SSSR count). The molecule has 0 aliphatic carbocycles. The molecule has 0 aromatic rings. The number of hydrogen-bond donors (Lipinski definition) is 2. The number of hydrogen-bond acceptors (Lipinski definition) is 4. The highest BCUT2D eigenvalue weighted by Crippen LogP contribution is 2.35. The summed E-state index contributed by atoms with van der Waals surface area (Å²) in [5.74, 6) is -2.07. The molecule has 1 fully saturated rings. The zero-order chi connectivity index (χ0) is 25.6. The molecular formula is C28H53NO5. The summed E-state index contributed by atoms with van der Waals surface area (Å²) < 4.78 is 11.6.